The summed E-state index contributed by atoms with van der Waals surface area (Å²) in [4.78, 5) is 44.2. The number of aliphatic hydroxyl groups excluding tert-OH is 2. The number of carboxylic acid groups (broad SMARTS) is 4. The lowest BCUT2D eigenvalue weighted by atomic mass is 9.64. The van der Waals surface area contributed by atoms with Crippen molar-refractivity contribution in [3.05, 3.63) is 23.1 Å². The molecule has 1 rings (SSSR count). The Morgan fingerprint density at radius 3 is 1.61 bits per heavy atom. The molecule has 1 aliphatic heterocycles. The molecule has 1 heterocycles. The highest BCUT2D eigenvalue weighted by Gasteiger charge is 2.42. The smallest absolute Gasteiger partial charge is 0.333 e. The first-order valence-corrected chi connectivity index (χ1v) is 6.26. The second kappa shape index (κ2) is 7.07. The molecule has 0 radical (unpaired) electrons. The van der Waals surface area contributed by atoms with Gasteiger partial charge in [-0.2, -0.15) is 0 Å². The van der Waals surface area contributed by atoms with Crippen molar-refractivity contribution in [2.24, 2.45) is 11.8 Å². The predicted molar refractivity (Wildman–Crippen MR) is 72.9 cm³/mol. The van der Waals surface area contributed by atoms with Crippen LogP contribution in [0, 0.1) is 11.8 Å². The fraction of sp³-hybridized carbons (Fsp3) is 0.333. The number of aliphatic hydroxyl groups is 2. The molecule has 1 aliphatic rings. The maximum absolute atomic E-state index is 11.3. The number of carbonyl (C=O) groups is 4. The van der Waals surface area contributed by atoms with Crippen molar-refractivity contribution in [3.8, 4) is 0 Å². The Balaban J connectivity index is 3.43. The van der Waals surface area contributed by atoms with E-state index >= 15 is 0 Å². The van der Waals surface area contributed by atoms with Crippen molar-refractivity contribution in [2.45, 2.75) is 12.2 Å². The number of hydrogen-bond acceptors (Lipinski definition) is 6. The molecule has 0 spiro atoms. The Kier molecular flexibility index (Phi) is 5.65. The maximum Gasteiger partial charge on any atom is 0.333 e. The summed E-state index contributed by atoms with van der Waals surface area (Å²) in [6.07, 6.45) is -3.62. The monoisotopic (exact) mass is 328 g/mol. The van der Waals surface area contributed by atoms with Crippen molar-refractivity contribution in [1.82, 2.24) is 0 Å². The Morgan fingerprint density at radius 1 is 0.783 bits per heavy atom. The van der Waals surface area contributed by atoms with Gasteiger partial charge >= 0.3 is 23.9 Å². The summed E-state index contributed by atoms with van der Waals surface area (Å²) in [6.45, 7) is 0. The zero-order chi connectivity index (χ0) is 17.9. The lowest BCUT2D eigenvalue weighted by molar-refractivity contribution is -0.158. The Labute approximate surface area is 129 Å². The molecular formula is C12H13BO10. The normalized spacial score (nSPS) is 18.7. The summed E-state index contributed by atoms with van der Waals surface area (Å²) in [5.41, 5.74) is -0.625. The number of hydrogen-bond donors (Lipinski definition) is 6. The molecule has 6 N–H and O–H groups in total. The molecule has 0 saturated heterocycles. The van der Waals surface area contributed by atoms with Crippen LogP contribution >= 0.6 is 0 Å². The highest BCUT2D eigenvalue weighted by molar-refractivity contribution is 6.54. The minimum absolute atomic E-state index is 0.188. The van der Waals surface area contributed by atoms with E-state index in [9.17, 15) is 29.4 Å². The molecule has 4 unspecified atom stereocenters. The fourth-order valence-electron chi connectivity index (χ4n) is 2.35. The van der Waals surface area contributed by atoms with Gasteiger partial charge in [0.2, 0.25) is 0 Å². The molecule has 0 bridgehead atoms. The highest BCUT2D eigenvalue weighted by Crippen LogP contribution is 2.31. The first-order valence-electron chi connectivity index (χ1n) is 6.26. The lowest BCUT2D eigenvalue weighted by Gasteiger charge is -2.23. The minimum Gasteiger partial charge on any atom is -0.481 e. The summed E-state index contributed by atoms with van der Waals surface area (Å²) >= 11 is 0. The predicted octanol–water partition coefficient (Wildman–Crippen LogP) is -2.50. The fourth-order valence-corrected chi connectivity index (χ4v) is 2.35. The van der Waals surface area contributed by atoms with Gasteiger partial charge in [0.1, 0.15) is 11.8 Å². The molecule has 124 valence electrons. The van der Waals surface area contributed by atoms with Crippen LogP contribution in [0.3, 0.4) is 0 Å². The zero-order valence-corrected chi connectivity index (χ0v) is 11.5. The van der Waals surface area contributed by atoms with Gasteiger partial charge in [-0.1, -0.05) is 11.5 Å². The van der Waals surface area contributed by atoms with E-state index in [1.54, 1.807) is 0 Å². The highest BCUT2D eigenvalue weighted by atomic mass is 16.4. The first kappa shape index (κ1) is 18.4. The molecule has 10 nitrogen and oxygen atoms in total. The molecule has 4 atom stereocenters. The van der Waals surface area contributed by atoms with Gasteiger partial charge in [0.25, 0.3) is 0 Å². The second-order valence-electron chi connectivity index (χ2n) is 4.79. The van der Waals surface area contributed by atoms with E-state index in [4.69, 9.17) is 20.4 Å². The molecule has 0 aromatic heterocycles. The van der Waals surface area contributed by atoms with Gasteiger partial charge in [0.15, 0.2) is 19.5 Å². The molecule has 23 heavy (non-hydrogen) atoms. The van der Waals surface area contributed by atoms with Gasteiger partial charge in [0, 0.05) is 0 Å². The van der Waals surface area contributed by atoms with Gasteiger partial charge in [-0.3, -0.25) is 9.59 Å². The summed E-state index contributed by atoms with van der Waals surface area (Å²) in [5, 5.41) is 54.9. The van der Waals surface area contributed by atoms with Crippen LogP contribution in [0.15, 0.2) is 23.1 Å². The van der Waals surface area contributed by atoms with Crippen LogP contribution < -0.4 is 0 Å². The van der Waals surface area contributed by atoms with Gasteiger partial charge in [0.05, 0.1) is 0 Å². The quantitative estimate of drug-likeness (QED) is 0.260. The maximum atomic E-state index is 11.3. The van der Waals surface area contributed by atoms with Gasteiger partial charge in [-0.05, 0) is 5.57 Å². The van der Waals surface area contributed by atoms with E-state index in [-0.39, 0.29) is 18.3 Å². The van der Waals surface area contributed by atoms with Gasteiger partial charge in [-0.25, -0.2) is 9.59 Å². The Bertz CT molecular complexity index is 607. The summed E-state index contributed by atoms with van der Waals surface area (Å²) in [6, 6.07) is 0. The average molecular weight is 328 g/mol. The van der Waals surface area contributed by atoms with E-state index in [2.05, 4.69) is 0 Å². The van der Waals surface area contributed by atoms with Crippen LogP contribution in [0.5, 0.6) is 0 Å². The van der Waals surface area contributed by atoms with Crippen molar-refractivity contribution in [3.63, 3.8) is 0 Å². The molecule has 0 amide bonds. The number of carboxylic acids is 4. The van der Waals surface area contributed by atoms with Crippen LogP contribution in [0.1, 0.15) is 0 Å². The summed E-state index contributed by atoms with van der Waals surface area (Å²) in [7, 11) is -0.188. The Hall–Kier alpha value is -2.66. The van der Waals surface area contributed by atoms with E-state index in [0.29, 0.717) is 0 Å². The van der Waals surface area contributed by atoms with E-state index in [1.807, 2.05) is 0 Å². The third-order valence-electron chi connectivity index (χ3n) is 3.39. The molecule has 0 saturated carbocycles. The standard InChI is InChI=1S/C12H13BO10/c14-7(11(20)21)4(9(16)17)3-1-2-13-6(3)5(10(18)19)8(15)12(22)23/h1-2,4-5,7-8,13-15H,(H,16,17)(H,18,19)(H,20,21)(H,22,23). The van der Waals surface area contributed by atoms with E-state index < -0.39 is 47.9 Å². The van der Waals surface area contributed by atoms with Crippen molar-refractivity contribution < 1.29 is 49.8 Å². The molecule has 0 aromatic rings. The SMILES string of the molecule is O=C(O)C(O)C(C(=O)O)C1=C(C(C(=O)O)C(O)C(=O)O)C=CB1. The van der Waals surface area contributed by atoms with Crippen LogP contribution in [0.2, 0.25) is 0 Å². The number of allylic oxidation sites excluding steroid dienone is 1. The number of aliphatic carboxylic acids is 4. The largest absolute Gasteiger partial charge is 0.481 e. The molecule has 0 fully saturated rings. The van der Waals surface area contributed by atoms with Crippen molar-refractivity contribution in [1.29, 1.82) is 0 Å². The topological polar surface area (TPSA) is 190 Å². The van der Waals surface area contributed by atoms with Gasteiger partial charge in [-0.15, -0.1) is 5.98 Å². The van der Waals surface area contributed by atoms with E-state index in [0.717, 1.165) is 6.08 Å². The summed E-state index contributed by atoms with van der Waals surface area (Å²) < 4.78 is 0. The summed E-state index contributed by atoms with van der Waals surface area (Å²) in [5.74, 6) is -9.79. The van der Waals surface area contributed by atoms with Crippen LogP contribution in [-0.4, -0.2) is 74.0 Å². The molecule has 0 aliphatic carbocycles. The minimum atomic E-state index is -2.36. The molecular weight excluding hydrogens is 315 g/mol. The lowest BCUT2D eigenvalue weighted by Crippen LogP contribution is -2.40. The molecule has 11 heteroatoms. The zero-order valence-electron chi connectivity index (χ0n) is 11.5. The van der Waals surface area contributed by atoms with Crippen LogP contribution in [0.25, 0.3) is 0 Å². The van der Waals surface area contributed by atoms with Crippen LogP contribution in [-0.2, 0) is 19.2 Å². The van der Waals surface area contributed by atoms with E-state index in [1.165, 1.54) is 5.98 Å². The average Bonchev–Trinajstić information content (AvgIpc) is 2.86. The Morgan fingerprint density at radius 2 is 1.22 bits per heavy atom. The number of rotatable bonds is 8. The third kappa shape index (κ3) is 3.76. The van der Waals surface area contributed by atoms with Crippen LogP contribution in [0.4, 0.5) is 0 Å². The van der Waals surface area contributed by atoms with Gasteiger partial charge < -0.3 is 30.6 Å². The van der Waals surface area contributed by atoms with Crippen molar-refractivity contribution >= 4 is 31.2 Å². The third-order valence-corrected chi connectivity index (χ3v) is 3.39. The first-order chi connectivity index (χ1) is 10.6. The second-order valence-corrected chi connectivity index (χ2v) is 4.79. The molecule has 0 aromatic carbocycles. The van der Waals surface area contributed by atoms with Crippen molar-refractivity contribution in [2.75, 3.05) is 0 Å².